The summed E-state index contributed by atoms with van der Waals surface area (Å²) >= 11 is 8.95. The number of carbonyl (C=O) groups excluding carboxylic acids is 3. The number of thioether (sulfide) groups is 1. The molecule has 10 nitrogen and oxygen atoms in total. The van der Waals surface area contributed by atoms with Gasteiger partial charge in [-0.2, -0.15) is 0 Å². The van der Waals surface area contributed by atoms with Crippen LogP contribution in [0.5, 0.6) is 0 Å². The van der Waals surface area contributed by atoms with Crippen molar-refractivity contribution in [1.82, 2.24) is 10.3 Å². The molecule has 1 unspecified atom stereocenters. The Morgan fingerprint density at radius 2 is 1.69 bits per heavy atom. The molecule has 13 heteroatoms. The number of nitrogens with zero attached hydrogens (tertiary/aromatic N) is 2. The highest BCUT2D eigenvalue weighted by atomic mass is 35.5. The molecular formula is C35H28ClN5O5S2. The number of aromatic nitrogens is 1. The average Bonchev–Trinajstić information content (AvgIpc) is 3.55. The number of halogens is 1. The molecule has 0 fully saturated rings. The number of nitrogens with one attached hydrogen (secondary N) is 3. The summed E-state index contributed by atoms with van der Waals surface area (Å²) in [5.41, 5.74) is 2.54. The maximum Gasteiger partial charge on any atom is 0.272 e. The first kappa shape index (κ1) is 34.0. The van der Waals surface area contributed by atoms with Gasteiger partial charge in [0.25, 0.3) is 17.5 Å². The zero-order valence-electron chi connectivity index (χ0n) is 25.4. The maximum atomic E-state index is 13.5. The van der Waals surface area contributed by atoms with Crippen LogP contribution in [0.2, 0.25) is 5.02 Å². The largest absolute Gasteiger partial charge is 0.321 e. The third-order valence-electron chi connectivity index (χ3n) is 6.86. The summed E-state index contributed by atoms with van der Waals surface area (Å²) in [4.78, 5) is 55.5. The molecule has 0 radical (unpaired) electrons. The Hall–Kier alpha value is -5.30. The predicted octanol–water partition coefficient (Wildman–Crippen LogP) is 8.29. The highest BCUT2D eigenvalue weighted by molar-refractivity contribution is 8.00. The molecule has 0 bridgehead atoms. The molecule has 5 aromatic rings. The number of hydrogen-bond acceptors (Lipinski definition) is 8. The molecule has 1 atom stereocenters. The number of anilines is 2. The van der Waals surface area contributed by atoms with Crippen LogP contribution in [-0.2, 0) is 9.59 Å². The molecule has 0 aliphatic carbocycles. The van der Waals surface area contributed by atoms with E-state index in [9.17, 15) is 24.5 Å². The highest BCUT2D eigenvalue weighted by Gasteiger charge is 2.21. The van der Waals surface area contributed by atoms with Gasteiger partial charge in [0.2, 0.25) is 5.91 Å². The number of thiazole rings is 1. The quantitative estimate of drug-likeness (QED) is 0.0515. The third-order valence-corrected chi connectivity index (χ3v) is 9.31. The Kier molecular flexibility index (Phi) is 11.4. The first-order valence-corrected chi connectivity index (χ1v) is 16.8. The van der Waals surface area contributed by atoms with Gasteiger partial charge in [-0.25, -0.2) is 4.98 Å². The lowest BCUT2D eigenvalue weighted by molar-refractivity contribution is -0.384. The van der Waals surface area contributed by atoms with Crippen LogP contribution in [0.15, 0.2) is 119 Å². The molecule has 0 spiro atoms. The van der Waals surface area contributed by atoms with Crippen molar-refractivity contribution >= 4 is 75.0 Å². The van der Waals surface area contributed by atoms with Crippen molar-refractivity contribution in [2.75, 3.05) is 10.6 Å². The topological polar surface area (TPSA) is 143 Å². The van der Waals surface area contributed by atoms with Crippen molar-refractivity contribution in [3.05, 3.63) is 140 Å². The van der Waals surface area contributed by atoms with E-state index in [1.807, 2.05) is 36.6 Å². The minimum Gasteiger partial charge on any atom is -0.321 e. The molecular weight excluding hydrogens is 670 g/mol. The van der Waals surface area contributed by atoms with Crippen molar-refractivity contribution in [3.63, 3.8) is 0 Å². The van der Waals surface area contributed by atoms with Gasteiger partial charge in [-0.3, -0.25) is 24.5 Å². The second-order valence-corrected chi connectivity index (χ2v) is 12.8. The SMILES string of the molecule is CCC(Sc1cccc(NC(=O)/C(=C\c2ccc([N+](=O)[O-])cc2)NC(=O)c2ccccc2)c1)C(=O)Nc1nc(-c2ccccc2Cl)cs1. The zero-order chi connectivity index (χ0) is 34.0. The lowest BCUT2D eigenvalue weighted by Gasteiger charge is -2.15. The third kappa shape index (κ3) is 8.94. The van der Waals surface area contributed by atoms with E-state index in [1.165, 1.54) is 53.4 Å². The van der Waals surface area contributed by atoms with E-state index >= 15 is 0 Å². The number of rotatable bonds is 12. The number of benzene rings is 4. The van der Waals surface area contributed by atoms with E-state index in [4.69, 9.17) is 11.6 Å². The lowest BCUT2D eigenvalue weighted by Crippen LogP contribution is -2.30. The molecule has 3 N–H and O–H groups in total. The van der Waals surface area contributed by atoms with Crippen LogP contribution in [0.3, 0.4) is 0 Å². The van der Waals surface area contributed by atoms with Crippen LogP contribution >= 0.6 is 34.7 Å². The van der Waals surface area contributed by atoms with Crippen molar-refractivity contribution in [2.24, 2.45) is 0 Å². The minimum atomic E-state index is -0.609. The van der Waals surface area contributed by atoms with E-state index in [1.54, 1.807) is 54.6 Å². The number of nitro benzene ring substituents is 1. The second kappa shape index (κ2) is 16.0. The van der Waals surface area contributed by atoms with Gasteiger partial charge < -0.3 is 16.0 Å². The maximum absolute atomic E-state index is 13.5. The Bertz CT molecular complexity index is 1980. The van der Waals surface area contributed by atoms with Crippen molar-refractivity contribution in [3.8, 4) is 11.3 Å². The Balaban J connectivity index is 1.29. The van der Waals surface area contributed by atoms with Gasteiger partial charge in [0.15, 0.2) is 5.13 Å². The smallest absolute Gasteiger partial charge is 0.272 e. The first-order valence-electron chi connectivity index (χ1n) is 14.6. The van der Waals surface area contributed by atoms with E-state index < -0.39 is 22.0 Å². The molecule has 4 aromatic carbocycles. The second-order valence-electron chi connectivity index (χ2n) is 10.2. The molecule has 1 heterocycles. The monoisotopic (exact) mass is 697 g/mol. The highest BCUT2D eigenvalue weighted by Crippen LogP contribution is 2.32. The zero-order valence-corrected chi connectivity index (χ0v) is 27.8. The summed E-state index contributed by atoms with van der Waals surface area (Å²) in [7, 11) is 0. The minimum absolute atomic E-state index is 0.0683. The van der Waals surface area contributed by atoms with Crippen LogP contribution in [0.4, 0.5) is 16.5 Å². The molecule has 0 aliphatic heterocycles. The molecule has 5 rings (SSSR count). The van der Waals surface area contributed by atoms with E-state index in [0.29, 0.717) is 39.1 Å². The average molecular weight is 698 g/mol. The van der Waals surface area contributed by atoms with Gasteiger partial charge in [-0.15, -0.1) is 23.1 Å². The molecule has 3 amide bonds. The summed E-state index contributed by atoms with van der Waals surface area (Å²) in [5, 5.41) is 21.9. The Morgan fingerprint density at radius 3 is 2.40 bits per heavy atom. The predicted molar refractivity (Wildman–Crippen MR) is 191 cm³/mol. The number of nitro groups is 1. The molecule has 242 valence electrons. The summed E-state index contributed by atoms with van der Waals surface area (Å²) < 4.78 is 0. The number of non-ortho nitro benzene ring substituents is 1. The van der Waals surface area contributed by atoms with Crippen LogP contribution in [0, 0.1) is 10.1 Å². The molecule has 48 heavy (non-hydrogen) atoms. The fourth-order valence-electron chi connectivity index (χ4n) is 4.44. The summed E-state index contributed by atoms with van der Waals surface area (Å²) in [6.45, 7) is 1.91. The Morgan fingerprint density at radius 1 is 0.958 bits per heavy atom. The Labute approximate surface area is 289 Å². The fourth-order valence-corrected chi connectivity index (χ4v) is 6.40. The van der Waals surface area contributed by atoms with Crippen molar-refractivity contribution < 1.29 is 19.3 Å². The fraction of sp³-hybridized carbons (Fsp3) is 0.0857. The summed E-state index contributed by atoms with van der Waals surface area (Å²) in [6, 6.07) is 28.4. The van der Waals surface area contributed by atoms with Gasteiger partial charge in [-0.1, -0.05) is 61.0 Å². The van der Waals surface area contributed by atoms with E-state index in [-0.39, 0.29) is 17.3 Å². The van der Waals surface area contributed by atoms with Crippen LogP contribution in [0.25, 0.3) is 17.3 Å². The molecule has 0 saturated carbocycles. The normalized spacial score (nSPS) is 11.8. The van der Waals surface area contributed by atoms with E-state index in [2.05, 4.69) is 20.9 Å². The lowest BCUT2D eigenvalue weighted by atomic mass is 10.1. The van der Waals surface area contributed by atoms with Gasteiger partial charge in [0.1, 0.15) is 5.70 Å². The van der Waals surface area contributed by atoms with Gasteiger partial charge in [-0.05, 0) is 66.6 Å². The van der Waals surface area contributed by atoms with Gasteiger partial charge in [0, 0.05) is 44.2 Å². The van der Waals surface area contributed by atoms with Crippen molar-refractivity contribution in [2.45, 2.75) is 23.5 Å². The number of amides is 3. The first-order chi connectivity index (χ1) is 23.2. The molecule has 0 saturated heterocycles. The number of hydrogen-bond donors (Lipinski definition) is 3. The van der Waals surface area contributed by atoms with Crippen LogP contribution in [0.1, 0.15) is 29.3 Å². The van der Waals surface area contributed by atoms with Gasteiger partial charge in [0.05, 0.1) is 15.9 Å². The summed E-state index contributed by atoms with van der Waals surface area (Å²) in [5.74, 6) is -1.32. The molecule has 0 aliphatic rings. The van der Waals surface area contributed by atoms with E-state index in [0.717, 1.165) is 10.5 Å². The summed E-state index contributed by atoms with van der Waals surface area (Å²) in [6.07, 6.45) is 1.97. The van der Waals surface area contributed by atoms with Gasteiger partial charge >= 0.3 is 0 Å². The number of carbonyl (C=O) groups is 3. The standard InChI is InChI=1S/C35H28ClN5O5S2/c1-2-31(34(44)40-35-39-30(21-47-35)27-13-6-7-14-28(27)36)48-26-12-8-11-24(20-26)37-33(43)29(38-32(42)23-9-4-3-5-10-23)19-22-15-17-25(18-16-22)41(45)46/h3-21,31H,2H2,1H3,(H,37,43)(H,38,42)(H,39,40,44)/b29-19+. The molecule has 1 aromatic heterocycles. The van der Waals surface area contributed by atoms with Crippen LogP contribution in [-0.4, -0.2) is 32.9 Å². The van der Waals surface area contributed by atoms with Crippen LogP contribution < -0.4 is 16.0 Å². The van der Waals surface area contributed by atoms with Crippen molar-refractivity contribution in [1.29, 1.82) is 0 Å².